The molecule has 0 aliphatic carbocycles. The number of nitrogens with zero attached hydrogens (tertiary/aromatic N) is 1. The number of Topliss-reactive ketones (excluding diaryl/α,β-unsaturated/α-hetero) is 1. The molecule has 0 aromatic heterocycles. The molecule has 0 amide bonds. The first-order chi connectivity index (χ1) is 13.2. The monoisotopic (exact) mass is 443 g/mol. The number of alkyl halides is 1. The molecule has 0 N–H and O–H groups in total. The van der Waals surface area contributed by atoms with Gasteiger partial charge in [0, 0.05) is 23.9 Å². The van der Waals surface area contributed by atoms with Gasteiger partial charge in [-0.15, -0.1) is 0 Å². The molecule has 2 aromatic rings. The molecule has 140 valence electrons. The predicted molar refractivity (Wildman–Crippen MR) is 118 cm³/mol. The Morgan fingerprint density at radius 1 is 1.00 bits per heavy atom. The van der Waals surface area contributed by atoms with Crippen molar-refractivity contribution < 1.29 is 9.59 Å². The van der Waals surface area contributed by atoms with Crippen LogP contribution in [0.3, 0.4) is 0 Å². The van der Waals surface area contributed by atoms with E-state index in [9.17, 15) is 9.59 Å². The van der Waals surface area contributed by atoms with Crippen LogP contribution in [0, 0.1) is 0 Å². The van der Waals surface area contributed by atoms with Gasteiger partial charge >= 0.3 is 0 Å². The second kappa shape index (κ2) is 11.6. The molecule has 0 fully saturated rings. The largest absolute Gasteiger partial charge is 0.332 e. The van der Waals surface area contributed by atoms with Crippen molar-refractivity contribution in [3.63, 3.8) is 0 Å². The Hall–Kier alpha value is -2.11. The van der Waals surface area contributed by atoms with Crippen LogP contribution >= 0.6 is 27.7 Å². The van der Waals surface area contributed by atoms with Gasteiger partial charge in [0.05, 0.1) is 5.33 Å². The van der Waals surface area contributed by atoms with Crippen molar-refractivity contribution in [1.82, 2.24) is 0 Å². The van der Waals surface area contributed by atoms with E-state index >= 15 is 0 Å². The van der Waals surface area contributed by atoms with Gasteiger partial charge in [-0.05, 0) is 18.2 Å². The van der Waals surface area contributed by atoms with Crippen molar-refractivity contribution in [1.29, 1.82) is 0 Å². The second-order valence-corrected chi connectivity index (χ2v) is 7.36. The summed E-state index contributed by atoms with van der Waals surface area (Å²) < 4.78 is 0. The number of halogens is 1. The van der Waals surface area contributed by atoms with Crippen molar-refractivity contribution in [3.05, 3.63) is 90.7 Å². The molecule has 27 heavy (non-hydrogen) atoms. The fraction of sp³-hybridized carbons (Fsp3) is 0.182. The van der Waals surface area contributed by atoms with Gasteiger partial charge in [-0.3, -0.25) is 9.59 Å². The third-order valence-corrected chi connectivity index (χ3v) is 5.41. The quantitative estimate of drug-likeness (QED) is 0.429. The van der Waals surface area contributed by atoms with E-state index in [4.69, 9.17) is 0 Å². The van der Waals surface area contributed by atoms with Crippen LogP contribution in [0.1, 0.15) is 23.7 Å². The van der Waals surface area contributed by atoms with Crippen LogP contribution in [0.2, 0.25) is 0 Å². The average Bonchev–Trinajstić information content (AvgIpc) is 2.75. The molecule has 1 aliphatic rings. The van der Waals surface area contributed by atoms with Gasteiger partial charge in [0.1, 0.15) is 5.37 Å². The van der Waals surface area contributed by atoms with Gasteiger partial charge in [0.25, 0.3) is 0 Å². The Morgan fingerprint density at radius 2 is 1.63 bits per heavy atom. The molecule has 1 aliphatic heterocycles. The maximum absolute atomic E-state index is 11.5. The Kier molecular flexibility index (Phi) is 9.08. The topological polar surface area (TPSA) is 37.4 Å². The minimum atomic E-state index is 0.0647. The summed E-state index contributed by atoms with van der Waals surface area (Å²) in [7, 11) is 0. The van der Waals surface area contributed by atoms with Crippen molar-refractivity contribution in [3.8, 4) is 0 Å². The summed E-state index contributed by atoms with van der Waals surface area (Å²) in [6.07, 6.45) is 8.60. The van der Waals surface area contributed by atoms with Crippen LogP contribution in [0.25, 0.3) is 0 Å². The summed E-state index contributed by atoms with van der Waals surface area (Å²) in [6, 6.07) is 19.3. The molecule has 1 unspecified atom stereocenters. The van der Waals surface area contributed by atoms with E-state index < -0.39 is 0 Å². The first-order valence-corrected chi connectivity index (χ1v) is 10.7. The fourth-order valence-corrected chi connectivity index (χ4v) is 3.56. The first-order valence-electron chi connectivity index (χ1n) is 8.67. The Bertz CT molecular complexity index is 790. The lowest BCUT2D eigenvalue weighted by atomic mass is 10.2. The number of thioether (sulfide) groups is 1. The Labute approximate surface area is 173 Å². The smallest absolute Gasteiger partial charge is 0.190 e. The summed E-state index contributed by atoms with van der Waals surface area (Å²) in [4.78, 5) is 24.6. The van der Waals surface area contributed by atoms with Gasteiger partial charge < -0.3 is 4.90 Å². The third-order valence-electron chi connectivity index (χ3n) is 3.72. The highest BCUT2D eigenvalue weighted by Crippen LogP contribution is 2.28. The summed E-state index contributed by atoms with van der Waals surface area (Å²) in [5.41, 5.74) is 1.87. The number of anilines is 1. The molecule has 0 saturated heterocycles. The number of para-hydroxylation sites is 1. The zero-order valence-electron chi connectivity index (χ0n) is 15.1. The van der Waals surface area contributed by atoms with Crippen LogP contribution in [0.5, 0.6) is 0 Å². The van der Waals surface area contributed by atoms with E-state index in [-0.39, 0.29) is 16.3 Å². The van der Waals surface area contributed by atoms with E-state index in [0.717, 1.165) is 11.3 Å². The minimum absolute atomic E-state index is 0.0647. The lowest BCUT2D eigenvalue weighted by Gasteiger charge is -2.29. The number of rotatable bonds is 5. The SMILES string of the molecule is CCC(=O)SC1C=CC=CN1c1ccccc1.O=C(CBr)c1ccccc1. The number of allylic oxidation sites excluding steroid dienone is 2. The maximum atomic E-state index is 11.5. The number of ketones is 1. The van der Waals surface area contributed by atoms with Gasteiger partial charge in [-0.1, -0.05) is 95.3 Å². The van der Waals surface area contributed by atoms with Crippen LogP contribution < -0.4 is 4.90 Å². The Morgan fingerprint density at radius 3 is 2.22 bits per heavy atom. The zero-order valence-corrected chi connectivity index (χ0v) is 17.5. The highest BCUT2D eigenvalue weighted by molar-refractivity contribution is 9.09. The molecule has 0 saturated carbocycles. The van der Waals surface area contributed by atoms with Crippen molar-refractivity contribution in [2.24, 2.45) is 0 Å². The molecule has 2 aromatic carbocycles. The van der Waals surface area contributed by atoms with Crippen LogP contribution in [0.15, 0.2) is 85.1 Å². The van der Waals surface area contributed by atoms with E-state index in [2.05, 4.69) is 20.8 Å². The lowest BCUT2D eigenvalue weighted by Crippen LogP contribution is -2.28. The number of carbonyl (C=O) groups excluding carboxylic acids is 2. The number of hydrogen-bond donors (Lipinski definition) is 0. The van der Waals surface area contributed by atoms with Crippen molar-refractivity contribution in [2.45, 2.75) is 18.7 Å². The molecule has 0 radical (unpaired) electrons. The predicted octanol–water partition coefficient (Wildman–Crippen LogP) is 5.84. The summed E-state index contributed by atoms with van der Waals surface area (Å²) >= 11 is 4.47. The molecule has 3 nitrogen and oxygen atoms in total. The van der Waals surface area contributed by atoms with Crippen molar-refractivity contribution in [2.75, 3.05) is 10.2 Å². The number of carbonyl (C=O) groups is 2. The summed E-state index contributed by atoms with van der Waals surface area (Å²) in [5, 5.41) is 0.683. The minimum Gasteiger partial charge on any atom is -0.332 e. The number of benzene rings is 2. The number of hydrogen-bond acceptors (Lipinski definition) is 4. The van der Waals surface area contributed by atoms with Crippen LogP contribution in [0.4, 0.5) is 5.69 Å². The molecular weight excluding hydrogens is 422 g/mol. The van der Waals surface area contributed by atoms with E-state index in [1.807, 2.05) is 92.0 Å². The van der Waals surface area contributed by atoms with Gasteiger partial charge in [0.15, 0.2) is 10.9 Å². The molecule has 3 rings (SSSR count). The molecular formula is C22H22BrNO2S. The zero-order chi connectivity index (χ0) is 19.5. The molecule has 0 bridgehead atoms. The van der Waals surface area contributed by atoms with Crippen LogP contribution in [-0.4, -0.2) is 21.6 Å². The normalized spacial score (nSPS) is 15.0. The first kappa shape index (κ1) is 21.2. The maximum Gasteiger partial charge on any atom is 0.190 e. The second-order valence-electron chi connectivity index (χ2n) is 5.63. The van der Waals surface area contributed by atoms with Gasteiger partial charge in [0.2, 0.25) is 0 Å². The van der Waals surface area contributed by atoms with Crippen molar-refractivity contribution >= 4 is 44.3 Å². The van der Waals surface area contributed by atoms with Crippen LogP contribution in [-0.2, 0) is 4.79 Å². The third kappa shape index (κ3) is 6.85. The van der Waals surface area contributed by atoms with Gasteiger partial charge in [-0.2, -0.15) is 0 Å². The molecule has 1 heterocycles. The summed E-state index contributed by atoms with van der Waals surface area (Å²) in [6.45, 7) is 1.89. The highest BCUT2D eigenvalue weighted by atomic mass is 79.9. The van der Waals surface area contributed by atoms with E-state index in [1.165, 1.54) is 11.8 Å². The lowest BCUT2D eigenvalue weighted by molar-refractivity contribution is -0.110. The molecule has 1 atom stereocenters. The summed E-state index contributed by atoms with van der Waals surface area (Å²) in [5.74, 6) is 0.126. The molecule has 5 heteroatoms. The van der Waals surface area contributed by atoms with E-state index in [1.54, 1.807) is 0 Å². The average molecular weight is 444 g/mol. The Balaban J connectivity index is 0.000000223. The standard InChI is InChI=1S/C14H15NOS.C8H7BrO/c1-2-14(16)17-13-10-6-7-11-15(13)12-8-4-3-5-9-12;9-6-8(10)7-4-2-1-3-5-7/h3-11,13H,2H2,1H3;1-5H,6H2. The van der Waals surface area contributed by atoms with E-state index in [0.29, 0.717) is 11.8 Å². The molecule has 0 spiro atoms. The fourth-order valence-electron chi connectivity index (χ4n) is 2.33. The van der Waals surface area contributed by atoms with Gasteiger partial charge in [-0.25, -0.2) is 0 Å². The highest BCUT2D eigenvalue weighted by Gasteiger charge is 2.19.